The molecular formula is C33H30IrN2OSi-2. The van der Waals surface area contributed by atoms with Gasteiger partial charge in [-0.25, -0.2) is 0 Å². The first-order valence-corrected chi connectivity index (χ1v) is 15.5. The molecule has 0 fully saturated rings. The van der Waals surface area contributed by atoms with Crippen molar-refractivity contribution in [2.45, 2.75) is 33.3 Å². The quantitative estimate of drug-likeness (QED) is 0.139. The van der Waals surface area contributed by atoms with E-state index in [4.69, 9.17) is 12.6 Å². The van der Waals surface area contributed by atoms with Crippen LogP contribution < -0.4 is 5.19 Å². The van der Waals surface area contributed by atoms with Crippen LogP contribution in [0.15, 0.2) is 95.7 Å². The normalized spacial score (nSPS) is 14.1. The zero-order valence-electron chi connectivity index (χ0n) is 27.3. The summed E-state index contributed by atoms with van der Waals surface area (Å²) in [6.45, 7) is 2.72. The second-order valence-corrected chi connectivity index (χ2v) is 14.9. The zero-order chi connectivity index (χ0) is 31.0. The summed E-state index contributed by atoms with van der Waals surface area (Å²) in [5.41, 5.74) is 5.28. The van der Waals surface area contributed by atoms with Gasteiger partial charge < -0.3 is 14.4 Å². The molecule has 3 heterocycles. The summed E-state index contributed by atoms with van der Waals surface area (Å²) in [5, 5.41) is 3.66. The molecule has 3 aromatic carbocycles. The maximum absolute atomic E-state index is 7.28. The standard InChI is InChI=1S/C20H18NOSi.C13H12N.Ir/c1-23(2,3)15-8-6-7-14(11-15)18-12-17-16-9-4-5-10-19(16)22-20(17)13-21-18;1-10-3-6-12(7-4-10)13-8-5-11(2)9-14-13;/h4-6,8-13H,1-3H3;3-6,8-9H,1-2H3;/q2*-1;/i;1D3,2D3;. The number of aromatic nitrogens is 2. The van der Waals surface area contributed by atoms with Crippen LogP contribution in [0.25, 0.3) is 44.5 Å². The zero-order valence-corrected chi connectivity index (χ0v) is 24.7. The summed E-state index contributed by atoms with van der Waals surface area (Å²) in [6, 6.07) is 30.4. The molecule has 0 saturated carbocycles. The van der Waals surface area contributed by atoms with Gasteiger partial charge in [0.15, 0.2) is 5.58 Å². The molecule has 0 saturated heterocycles. The molecule has 0 N–H and O–H groups in total. The minimum absolute atomic E-state index is 0. The van der Waals surface area contributed by atoms with Gasteiger partial charge in [0.25, 0.3) is 0 Å². The van der Waals surface area contributed by atoms with Crippen LogP contribution in [0, 0.1) is 25.8 Å². The van der Waals surface area contributed by atoms with Gasteiger partial charge in [0.2, 0.25) is 0 Å². The molecule has 5 heteroatoms. The average molecular weight is 697 g/mol. The Balaban J connectivity index is 0.000000199. The Morgan fingerprint density at radius 1 is 0.737 bits per heavy atom. The molecule has 0 aliphatic heterocycles. The molecule has 0 spiro atoms. The molecule has 0 atom stereocenters. The van der Waals surface area contributed by atoms with E-state index in [1.54, 1.807) is 12.1 Å². The largest absolute Gasteiger partial charge is 0.455 e. The van der Waals surface area contributed by atoms with Crippen LogP contribution in [0.3, 0.4) is 0 Å². The molecular weight excluding hydrogens is 661 g/mol. The van der Waals surface area contributed by atoms with Crippen molar-refractivity contribution in [2.24, 2.45) is 0 Å². The predicted octanol–water partition coefficient (Wildman–Crippen LogP) is 8.16. The van der Waals surface area contributed by atoms with Crippen molar-refractivity contribution in [1.29, 1.82) is 0 Å². The molecule has 0 unspecified atom stereocenters. The van der Waals surface area contributed by atoms with E-state index in [2.05, 4.69) is 66.0 Å². The minimum Gasteiger partial charge on any atom is -0.455 e. The maximum Gasteiger partial charge on any atom is 0.151 e. The van der Waals surface area contributed by atoms with E-state index in [9.17, 15) is 0 Å². The molecule has 3 nitrogen and oxygen atoms in total. The number of nitrogens with zero attached hydrogens (tertiary/aromatic N) is 2. The van der Waals surface area contributed by atoms with Crippen LogP contribution in [0.1, 0.15) is 19.4 Å². The molecule has 0 amide bonds. The van der Waals surface area contributed by atoms with Crippen LogP contribution in [-0.2, 0) is 20.1 Å². The van der Waals surface area contributed by atoms with Crippen molar-refractivity contribution < 1.29 is 32.7 Å². The van der Waals surface area contributed by atoms with Gasteiger partial charge in [0.05, 0.1) is 14.3 Å². The van der Waals surface area contributed by atoms with Gasteiger partial charge in [-0.15, -0.1) is 70.4 Å². The first-order chi connectivity index (χ1) is 20.2. The number of para-hydroxylation sites is 1. The monoisotopic (exact) mass is 697 g/mol. The van der Waals surface area contributed by atoms with Crippen LogP contribution in [0.5, 0.6) is 0 Å². The number of rotatable bonds is 3. The molecule has 6 rings (SSSR count). The molecule has 3 aromatic heterocycles. The minimum atomic E-state index is -2.18. The fourth-order valence-corrected chi connectivity index (χ4v) is 5.16. The van der Waals surface area contributed by atoms with E-state index in [1.165, 1.54) is 29.6 Å². The summed E-state index contributed by atoms with van der Waals surface area (Å²) < 4.78 is 49.5. The van der Waals surface area contributed by atoms with Crippen LogP contribution >= 0.6 is 0 Å². The van der Waals surface area contributed by atoms with Crippen molar-refractivity contribution in [2.75, 3.05) is 0 Å². The summed E-state index contributed by atoms with van der Waals surface area (Å²) in [5.74, 6) is 0. The molecule has 38 heavy (non-hydrogen) atoms. The first kappa shape index (κ1) is 20.6. The van der Waals surface area contributed by atoms with E-state index in [0.29, 0.717) is 11.3 Å². The topological polar surface area (TPSA) is 38.9 Å². The average Bonchev–Trinajstić information content (AvgIpc) is 3.34. The first-order valence-electron chi connectivity index (χ1n) is 15.0. The number of pyridine rings is 2. The van der Waals surface area contributed by atoms with E-state index >= 15 is 0 Å². The number of hydrogen-bond donors (Lipinski definition) is 0. The number of furan rings is 1. The summed E-state index contributed by atoms with van der Waals surface area (Å²) in [4.78, 5) is 8.66. The number of aryl methyl sites for hydroxylation is 2. The maximum atomic E-state index is 7.28. The fourth-order valence-electron chi connectivity index (χ4n) is 4.00. The van der Waals surface area contributed by atoms with Gasteiger partial charge in [0.1, 0.15) is 5.58 Å². The van der Waals surface area contributed by atoms with Gasteiger partial charge in [0, 0.05) is 45.3 Å². The van der Waals surface area contributed by atoms with Gasteiger partial charge in [-0.3, -0.25) is 0 Å². The predicted molar refractivity (Wildman–Crippen MR) is 157 cm³/mol. The summed E-state index contributed by atoms with van der Waals surface area (Å²) in [7, 11) is -1.35. The van der Waals surface area contributed by atoms with E-state index in [-0.39, 0.29) is 31.2 Å². The third kappa shape index (κ3) is 6.19. The molecule has 0 aliphatic carbocycles. The Bertz CT molecular complexity index is 1820. The van der Waals surface area contributed by atoms with Crippen LogP contribution in [0.2, 0.25) is 19.6 Å². The second kappa shape index (κ2) is 11.6. The Morgan fingerprint density at radius 3 is 2.24 bits per heavy atom. The van der Waals surface area contributed by atoms with Crippen LogP contribution in [0.4, 0.5) is 0 Å². The fraction of sp³-hybridized carbons (Fsp3) is 0.152. The number of hydrogen-bond acceptors (Lipinski definition) is 3. The summed E-state index contributed by atoms with van der Waals surface area (Å²) >= 11 is 0. The van der Waals surface area contributed by atoms with Crippen molar-refractivity contribution in [3.63, 3.8) is 0 Å². The SMILES string of the molecule is C[Si](C)(C)c1cc[c-]c(-c2cc3c(cn2)oc2ccccc23)c1.[2H]C([2H])([2H])c1c[c-]c(-c2ccc(C([2H])([2H])[2H])cn2)cc1.[Ir]. The van der Waals surface area contributed by atoms with Gasteiger partial charge in [-0.2, -0.15) is 0 Å². The van der Waals surface area contributed by atoms with Crippen molar-refractivity contribution in [3.8, 4) is 22.5 Å². The van der Waals surface area contributed by atoms with E-state index in [0.717, 1.165) is 33.2 Å². The van der Waals surface area contributed by atoms with Gasteiger partial charge in [-0.05, 0) is 29.9 Å². The smallest absolute Gasteiger partial charge is 0.151 e. The summed E-state index contributed by atoms with van der Waals surface area (Å²) in [6.07, 6.45) is 3.12. The Kier molecular flexibility index (Phi) is 6.26. The van der Waals surface area contributed by atoms with Gasteiger partial charge in [-0.1, -0.05) is 62.9 Å². The molecule has 6 aromatic rings. The third-order valence-electron chi connectivity index (χ3n) is 6.06. The van der Waals surface area contributed by atoms with Gasteiger partial charge >= 0.3 is 0 Å². The van der Waals surface area contributed by atoms with E-state index in [1.807, 2.05) is 30.5 Å². The molecule has 0 bridgehead atoms. The Labute approximate surface area is 247 Å². The Morgan fingerprint density at radius 2 is 1.53 bits per heavy atom. The van der Waals surface area contributed by atoms with Crippen molar-refractivity contribution >= 4 is 35.2 Å². The molecule has 1 radical (unpaired) electrons. The number of fused-ring (bicyclic) bond motifs is 3. The molecule has 193 valence electrons. The van der Waals surface area contributed by atoms with Crippen LogP contribution in [-0.4, -0.2) is 18.0 Å². The number of benzene rings is 3. The molecule has 0 aliphatic rings. The van der Waals surface area contributed by atoms with Crippen molar-refractivity contribution in [3.05, 3.63) is 115 Å². The van der Waals surface area contributed by atoms with Crippen molar-refractivity contribution in [1.82, 2.24) is 9.97 Å². The second-order valence-electron chi connectivity index (χ2n) is 9.83. The third-order valence-corrected chi connectivity index (χ3v) is 8.10. The van der Waals surface area contributed by atoms with E-state index < -0.39 is 21.8 Å². The Hall–Kier alpha value is -3.37.